The molecular formula is C14H13ClN4OS. The lowest BCUT2D eigenvalue weighted by Gasteiger charge is -2.08. The first kappa shape index (κ1) is 15.4. The molecule has 0 aliphatic heterocycles. The highest BCUT2D eigenvalue weighted by atomic mass is 35.5. The molecule has 0 saturated carbocycles. The predicted octanol–water partition coefficient (Wildman–Crippen LogP) is 3.03. The van der Waals surface area contributed by atoms with Crippen LogP contribution in [0.25, 0.3) is 0 Å². The highest BCUT2D eigenvalue weighted by Crippen LogP contribution is 2.19. The third-order valence-electron chi connectivity index (χ3n) is 2.79. The van der Waals surface area contributed by atoms with Gasteiger partial charge in [-0.3, -0.25) is 10.1 Å². The van der Waals surface area contributed by atoms with Crippen LogP contribution in [-0.4, -0.2) is 21.5 Å². The van der Waals surface area contributed by atoms with Gasteiger partial charge in [-0.05, 0) is 18.1 Å². The van der Waals surface area contributed by atoms with Gasteiger partial charge in [0, 0.05) is 12.0 Å². The van der Waals surface area contributed by atoms with Crippen LogP contribution in [0.3, 0.4) is 0 Å². The monoisotopic (exact) mass is 320 g/mol. The number of hydrogen-bond donors (Lipinski definition) is 1. The highest BCUT2D eigenvalue weighted by Gasteiger charge is 2.15. The van der Waals surface area contributed by atoms with Gasteiger partial charge in [0.2, 0.25) is 5.13 Å². The molecule has 2 rings (SSSR count). The fraction of sp³-hybridized carbons (Fsp3) is 0.286. The molecule has 0 aliphatic rings. The van der Waals surface area contributed by atoms with Gasteiger partial charge in [-0.2, -0.15) is 5.26 Å². The van der Waals surface area contributed by atoms with Crippen LogP contribution in [0.2, 0.25) is 0 Å². The Morgan fingerprint density at radius 1 is 1.48 bits per heavy atom. The van der Waals surface area contributed by atoms with E-state index in [0.717, 1.165) is 17.0 Å². The van der Waals surface area contributed by atoms with E-state index in [2.05, 4.69) is 15.5 Å². The van der Waals surface area contributed by atoms with Crippen LogP contribution in [0.4, 0.5) is 5.13 Å². The Labute approximate surface area is 131 Å². The van der Waals surface area contributed by atoms with E-state index < -0.39 is 5.38 Å². The number of carbonyl (C=O) groups is 1. The number of anilines is 1. The zero-order valence-corrected chi connectivity index (χ0v) is 12.9. The Balaban J connectivity index is 2.17. The Morgan fingerprint density at radius 3 is 2.90 bits per heavy atom. The summed E-state index contributed by atoms with van der Waals surface area (Å²) >= 11 is 7.19. The van der Waals surface area contributed by atoms with Crippen molar-refractivity contribution < 1.29 is 4.79 Å². The molecule has 5 nitrogen and oxygen atoms in total. The SMILES string of the molecule is CCc1nnc(NC(=O)c2ccccc2CC(Cl)C#N)s1. The minimum atomic E-state index is -0.660. The van der Waals surface area contributed by atoms with E-state index in [9.17, 15) is 4.79 Å². The highest BCUT2D eigenvalue weighted by molar-refractivity contribution is 7.15. The first-order valence-corrected chi connectivity index (χ1v) is 7.64. The number of hydrogen-bond acceptors (Lipinski definition) is 5. The molecule has 7 heteroatoms. The molecule has 1 N–H and O–H groups in total. The summed E-state index contributed by atoms with van der Waals surface area (Å²) in [4.78, 5) is 12.3. The van der Waals surface area contributed by atoms with E-state index in [4.69, 9.17) is 16.9 Å². The van der Waals surface area contributed by atoms with Gasteiger partial charge in [0.1, 0.15) is 10.4 Å². The average molecular weight is 321 g/mol. The molecular weight excluding hydrogens is 308 g/mol. The molecule has 1 aromatic carbocycles. The molecule has 1 atom stereocenters. The van der Waals surface area contributed by atoms with Crippen molar-refractivity contribution >= 4 is 34.0 Å². The predicted molar refractivity (Wildman–Crippen MR) is 82.6 cm³/mol. The summed E-state index contributed by atoms with van der Waals surface area (Å²) in [7, 11) is 0. The first-order valence-electron chi connectivity index (χ1n) is 6.39. The number of halogens is 1. The van der Waals surface area contributed by atoms with Crippen molar-refractivity contribution in [3.8, 4) is 6.07 Å². The summed E-state index contributed by atoms with van der Waals surface area (Å²) in [6.45, 7) is 1.98. The second kappa shape index (κ2) is 7.16. The van der Waals surface area contributed by atoms with Gasteiger partial charge in [-0.1, -0.05) is 36.5 Å². The van der Waals surface area contributed by atoms with Gasteiger partial charge in [0.25, 0.3) is 5.91 Å². The van der Waals surface area contributed by atoms with Gasteiger partial charge in [-0.15, -0.1) is 21.8 Å². The van der Waals surface area contributed by atoms with E-state index in [1.807, 2.05) is 19.1 Å². The molecule has 1 unspecified atom stereocenters. The minimum Gasteiger partial charge on any atom is -0.296 e. The number of benzene rings is 1. The van der Waals surface area contributed by atoms with Gasteiger partial charge in [-0.25, -0.2) is 0 Å². The van der Waals surface area contributed by atoms with E-state index >= 15 is 0 Å². The fourth-order valence-corrected chi connectivity index (χ4v) is 2.61. The van der Waals surface area contributed by atoms with E-state index in [-0.39, 0.29) is 5.91 Å². The molecule has 0 fully saturated rings. The van der Waals surface area contributed by atoms with Crippen molar-refractivity contribution in [1.29, 1.82) is 5.26 Å². The number of aryl methyl sites for hydroxylation is 1. The van der Waals surface area contributed by atoms with Crippen molar-refractivity contribution in [2.75, 3.05) is 5.32 Å². The van der Waals surface area contributed by atoms with Crippen LogP contribution in [-0.2, 0) is 12.8 Å². The minimum absolute atomic E-state index is 0.272. The molecule has 1 amide bonds. The number of nitrogens with one attached hydrogen (secondary N) is 1. The summed E-state index contributed by atoms with van der Waals surface area (Å²) in [5, 5.41) is 20.1. The van der Waals surface area contributed by atoms with E-state index in [1.165, 1.54) is 11.3 Å². The molecule has 21 heavy (non-hydrogen) atoms. The third-order valence-corrected chi connectivity index (χ3v) is 4.03. The molecule has 0 aliphatic carbocycles. The first-order chi connectivity index (χ1) is 10.1. The Bertz CT molecular complexity index is 680. The second-order valence-corrected chi connectivity index (χ2v) is 5.86. The third kappa shape index (κ3) is 4.00. The zero-order valence-electron chi connectivity index (χ0n) is 11.3. The normalized spacial score (nSPS) is 11.7. The summed E-state index contributed by atoms with van der Waals surface area (Å²) in [5.41, 5.74) is 1.23. The van der Waals surface area contributed by atoms with Crippen LogP contribution >= 0.6 is 22.9 Å². The quantitative estimate of drug-likeness (QED) is 0.859. The fourth-order valence-electron chi connectivity index (χ4n) is 1.77. The van der Waals surface area contributed by atoms with Crippen LogP contribution in [0.5, 0.6) is 0 Å². The van der Waals surface area contributed by atoms with Gasteiger partial charge in [0.15, 0.2) is 0 Å². The molecule has 1 heterocycles. The topological polar surface area (TPSA) is 78.7 Å². The maximum Gasteiger partial charge on any atom is 0.257 e. The summed E-state index contributed by atoms with van der Waals surface area (Å²) in [5.74, 6) is -0.272. The molecule has 2 aromatic rings. The number of aromatic nitrogens is 2. The molecule has 0 radical (unpaired) electrons. The Hall–Kier alpha value is -1.97. The second-order valence-electron chi connectivity index (χ2n) is 4.27. The number of nitrogens with zero attached hydrogens (tertiary/aromatic N) is 3. The van der Waals surface area contributed by atoms with Crippen molar-refractivity contribution in [2.45, 2.75) is 25.1 Å². The maximum atomic E-state index is 12.3. The van der Waals surface area contributed by atoms with Crippen LogP contribution in [0.15, 0.2) is 24.3 Å². The average Bonchev–Trinajstić information content (AvgIpc) is 2.95. The van der Waals surface area contributed by atoms with Crippen molar-refractivity contribution in [3.05, 3.63) is 40.4 Å². The van der Waals surface area contributed by atoms with E-state index in [0.29, 0.717) is 17.1 Å². The zero-order chi connectivity index (χ0) is 15.2. The molecule has 0 spiro atoms. The van der Waals surface area contributed by atoms with Gasteiger partial charge < -0.3 is 0 Å². The lowest BCUT2D eigenvalue weighted by atomic mass is 10.0. The van der Waals surface area contributed by atoms with Crippen LogP contribution in [0, 0.1) is 11.3 Å². The van der Waals surface area contributed by atoms with E-state index in [1.54, 1.807) is 18.2 Å². The standard InChI is InChI=1S/C14H13ClN4OS/c1-2-12-18-19-14(21-12)17-13(20)11-6-4-3-5-9(11)7-10(15)8-16/h3-6,10H,2,7H2,1H3,(H,17,19,20). The lowest BCUT2D eigenvalue weighted by Crippen LogP contribution is -2.15. The van der Waals surface area contributed by atoms with Crippen molar-refractivity contribution in [2.24, 2.45) is 0 Å². The molecule has 0 saturated heterocycles. The largest absolute Gasteiger partial charge is 0.296 e. The van der Waals surface area contributed by atoms with Crippen LogP contribution < -0.4 is 5.32 Å². The lowest BCUT2D eigenvalue weighted by molar-refractivity contribution is 0.102. The van der Waals surface area contributed by atoms with Gasteiger partial charge in [0.05, 0.1) is 6.07 Å². The van der Waals surface area contributed by atoms with Crippen molar-refractivity contribution in [3.63, 3.8) is 0 Å². The smallest absolute Gasteiger partial charge is 0.257 e. The number of alkyl halides is 1. The number of carbonyl (C=O) groups excluding carboxylic acids is 1. The van der Waals surface area contributed by atoms with Gasteiger partial charge >= 0.3 is 0 Å². The van der Waals surface area contributed by atoms with Crippen molar-refractivity contribution in [1.82, 2.24) is 10.2 Å². The number of rotatable bonds is 5. The Kier molecular flexibility index (Phi) is 5.26. The molecule has 1 aromatic heterocycles. The molecule has 108 valence electrons. The summed E-state index contributed by atoms with van der Waals surface area (Å²) in [6.07, 6.45) is 1.10. The Morgan fingerprint density at radius 2 is 2.24 bits per heavy atom. The maximum absolute atomic E-state index is 12.3. The number of nitriles is 1. The number of amides is 1. The molecule has 0 bridgehead atoms. The summed E-state index contributed by atoms with van der Waals surface area (Å²) in [6, 6.07) is 9.03. The van der Waals surface area contributed by atoms with Crippen LogP contribution in [0.1, 0.15) is 27.9 Å². The summed E-state index contributed by atoms with van der Waals surface area (Å²) < 4.78 is 0.